The molecule has 2 nitrogen and oxygen atoms in total. The van der Waals surface area contributed by atoms with Gasteiger partial charge in [-0.05, 0) is 76.1 Å². The molecule has 1 heterocycles. The van der Waals surface area contributed by atoms with Gasteiger partial charge in [-0.2, -0.15) is 0 Å². The van der Waals surface area contributed by atoms with E-state index in [0.29, 0.717) is 0 Å². The maximum atomic E-state index is 3.84. The summed E-state index contributed by atoms with van der Waals surface area (Å²) in [6.45, 7) is 6.51. The van der Waals surface area contributed by atoms with E-state index in [2.05, 4.69) is 29.4 Å². The Balaban J connectivity index is 0.000000617. The van der Waals surface area contributed by atoms with Crippen LogP contribution in [0.3, 0.4) is 0 Å². The molecule has 0 aromatic rings. The number of likely N-dealkylation sites (tertiary alicyclic amines) is 1. The first-order valence-electron chi connectivity index (χ1n) is 9.65. The van der Waals surface area contributed by atoms with Gasteiger partial charge in [0.1, 0.15) is 0 Å². The molecule has 0 amide bonds. The van der Waals surface area contributed by atoms with Crippen LogP contribution in [0.1, 0.15) is 60.2 Å². The molecule has 22 heavy (non-hydrogen) atoms. The van der Waals surface area contributed by atoms with Crippen LogP contribution in [0.4, 0.5) is 0 Å². The lowest BCUT2D eigenvalue weighted by molar-refractivity contribution is 0.174. The summed E-state index contributed by atoms with van der Waals surface area (Å²) in [6, 6.07) is 1.56. The van der Waals surface area contributed by atoms with Gasteiger partial charge in [0, 0.05) is 13.5 Å². The molecular weight excluding hydrogens is 268 g/mol. The Kier molecular flexibility index (Phi) is 5.41. The Hall–Kier alpha value is -0.600. The van der Waals surface area contributed by atoms with Gasteiger partial charge in [-0.3, -0.25) is 0 Å². The zero-order chi connectivity index (χ0) is 15.5. The molecule has 1 saturated heterocycles. The molecule has 4 aliphatic rings. The predicted octanol–water partition coefficient (Wildman–Crippen LogP) is 4.39. The van der Waals surface area contributed by atoms with E-state index in [-0.39, 0.29) is 1.43 Å². The van der Waals surface area contributed by atoms with Crippen molar-refractivity contribution >= 4 is 0 Å². The van der Waals surface area contributed by atoms with Crippen LogP contribution in [-0.2, 0) is 0 Å². The highest BCUT2D eigenvalue weighted by Crippen LogP contribution is 2.53. The minimum absolute atomic E-state index is 0. The van der Waals surface area contributed by atoms with Crippen LogP contribution in [0, 0.1) is 11.8 Å². The number of hydrogen-bond donors (Lipinski definition) is 1. The highest BCUT2D eigenvalue weighted by molar-refractivity contribution is 5.42. The number of piperidine rings is 1. The third-order valence-corrected chi connectivity index (χ3v) is 6.01. The summed E-state index contributed by atoms with van der Waals surface area (Å²) >= 11 is 0. The minimum atomic E-state index is 0. The highest BCUT2D eigenvalue weighted by atomic mass is 15.1. The number of nitrogens with zero attached hydrogens (tertiary/aromatic N) is 1. The predicted molar refractivity (Wildman–Crippen MR) is 97.1 cm³/mol. The van der Waals surface area contributed by atoms with Crippen molar-refractivity contribution in [1.82, 2.24) is 10.2 Å². The molecule has 0 spiro atoms. The lowest BCUT2D eigenvalue weighted by atomic mass is 10.00. The standard InChI is InChI=1S/C18H28N2.C2H6.H2/c1-20-9-3-2-4-16(20)7-8-19-15-10-13-5-6-14-11-17(14)18(13)12-15;1-2;/h5-6,14-17,19H,2-4,7-12H2,1H3;1-2H3;1H. The maximum absolute atomic E-state index is 3.84. The van der Waals surface area contributed by atoms with Crippen LogP contribution in [-0.4, -0.2) is 37.1 Å². The number of fused-ring (bicyclic) bond motifs is 2. The lowest BCUT2D eigenvalue weighted by Gasteiger charge is -2.32. The van der Waals surface area contributed by atoms with Gasteiger partial charge in [0.15, 0.2) is 0 Å². The normalized spacial score (nSPS) is 36.5. The Bertz CT molecular complexity index is 443. The average molecular weight is 305 g/mol. The molecule has 0 bridgehead atoms. The van der Waals surface area contributed by atoms with E-state index < -0.39 is 0 Å². The largest absolute Gasteiger partial charge is 0.313 e. The summed E-state index contributed by atoms with van der Waals surface area (Å²) in [7, 11) is 2.30. The van der Waals surface area contributed by atoms with Crippen molar-refractivity contribution in [2.24, 2.45) is 11.8 Å². The van der Waals surface area contributed by atoms with Crippen molar-refractivity contribution in [1.29, 1.82) is 0 Å². The number of nitrogens with one attached hydrogen (secondary N) is 1. The quantitative estimate of drug-likeness (QED) is 0.829. The minimum Gasteiger partial charge on any atom is -0.313 e. The summed E-state index contributed by atoms with van der Waals surface area (Å²) in [6.07, 6.45) is 14.5. The van der Waals surface area contributed by atoms with Crippen LogP contribution >= 0.6 is 0 Å². The summed E-state index contributed by atoms with van der Waals surface area (Å²) in [4.78, 5) is 2.57. The molecule has 1 aliphatic heterocycles. The van der Waals surface area contributed by atoms with Crippen molar-refractivity contribution < 1.29 is 1.43 Å². The van der Waals surface area contributed by atoms with Crippen molar-refractivity contribution in [3.05, 3.63) is 23.3 Å². The molecule has 4 unspecified atom stereocenters. The van der Waals surface area contributed by atoms with Gasteiger partial charge >= 0.3 is 0 Å². The van der Waals surface area contributed by atoms with Crippen LogP contribution in [0.5, 0.6) is 0 Å². The van der Waals surface area contributed by atoms with E-state index in [1.165, 1.54) is 58.0 Å². The smallest absolute Gasteiger partial charge is 0.0145 e. The molecule has 4 atom stereocenters. The second-order valence-electron chi connectivity index (χ2n) is 7.39. The zero-order valence-electron chi connectivity index (χ0n) is 14.8. The molecule has 0 aromatic heterocycles. The van der Waals surface area contributed by atoms with E-state index in [9.17, 15) is 0 Å². The number of rotatable bonds is 4. The second kappa shape index (κ2) is 7.31. The first-order chi connectivity index (χ1) is 10.8. The maximum Gasteiger partial charge on any atom is 0.0145 e. The van der Waals surface area contributed by atoms with Crippen molar-refractivity contribution in [2.75, 3.05) is 20.1 Å². The fraction of sp³-hybridized carbons (Fsp3) is 0.800. The monoisotopic (exact) mass is 304 g/mol. The molecular formula is C20H36N2. The molecule has 1 N–H and O–H groups in total. The molecule has 0 radical (unpaired) electrons. The fourth-order valence-electron chi connectivity index (χ4n) is 4.60. The second-order valence-corrected chi connectivity index (χ2v) is 7.39. The van der Waals surface area contributed by atoms with Gasteiger partial charge < -0.3 is 10.2 Å². The van der Waals surface area contributed by atoms with Gasteiger partial charge in [-0.1, -0.05) is 38.0 Å². The number of hydrogen-bond acceptors (Lipinski definition) is 2. The zero-order valence-corrected chi connectivity index (χ0v) is 14.8. The van der Waals surface area contributed by atoms with Gasteiger partial charge in [-0.25, -0.2) is 0 Å². The Labute approximate surface area is 138 Å². The Morgan fingerprint density at radius 2 is 2.14 bits per heavy atom. The molecule has 4 rings (SSSR count). The molecule has 2 heteroatoms. The summed E-state index contributed by atoms with van der Waals surface area (Å²) in [5.74, 6) is 1.87. The van der Waals surface area contributed by atoms with E-state index in [0.717, 1.165) is 23.9 Å². The SMILES string of the molecule is CC.CN1CCCCC1CCNC1CC2=C(C1)C1CC1C=C2.[HH]. The first-order valence-corrected chi connectivity index (χ1v) is 9.65. The summed E-state index contributed by atoms with van der Waals surface area (Å²) < 4.78 is 0. The third-order valence-electron chi connectivity index (χ3n) is 6.01. The average Bonchev–Trinajstić information content (AvgIpc) is 3.23. The van der Waals surface area contributed by atoms with Crippen molar-refractivity contribution in [3.63, 3.8) is 0 Å². The Morgan fingerprint density at radius 1 is 1.27 bits per heavy atom. The third kappa shape index (κ3) is 3.49. The summed E-state index contributed by atoms with van der Waals surface area (Å²) in [5.41, 5.74) is 3.49. The van der Waals surface area contributed by atoms with Crippen molar-refractivity contribution in [3.8, 4) is 0 Å². The fourth-order valence-corrected chi connectivity index (χ4v) is 4.60. The summed E-state index contributed by atoms with van der Waals surface area (Å²) in [5, 5.41) is 3.84. The van der Waals surface area contributed by atoms with E-state index in [1.54, 1.807) is 5.57 Å². The number of allylic oxidation sites excluding steroid dienone is 2. The molecule has 1 saturated carbocycles. The molecule has 126 valence electrons. The Morgan fingerprint density at radius 3 is 2.95 bits per heavy atom. The van der Waals surface area contributed by atoms with Crippen LogP contribution in [0.15, 0.2) is 23.3 Å². The van der Waals surface area contributed by atoms with Crippen LogP contribution in [0.2, 0.25) is 0 Å². The van der Waals surface area contributed by atoms with Gasteiger partial charge in [0.25, 0.3) is 0 Å². The van der Waals surface area contributed by atoms with Crippen molar-refractivity contribution in [2.45, 2.75) is 70.9 Å². The van der Waals surface area contributed by atoms with E-state index >= 15 is 0 Å². The van der Waals surface area contributed by atoms with Crippen LogP contribution < -0.4 is 5.32 Å². The highest BCUT2D eigenvalue weighted by Gasteiger charge is 2.43. The van der Waals surface area contributed by atoms with E-state index in [1.807, 2.05) is 19.4 Å². The van der Waals surface area contributed by atoms with Crippen LogP contribution in [0.25, 0.3) is 0 Å². The molecule has 3 aliphatic carbocycles. The van der Waals surface area contributed by atoms with Gasteiger partial charge in [0.05, 0.1) is 0 Å². The first kappa shape index (κ1) is 16.3. The molecule has 0 aromatic carbocycles. The van der Waals surface area contributed by atoms with Gasteiger partial charge in [-0.15, -0.1) is 0 Å². The molecule has 2 fully saturated rings. The lowest BCUT2D eigenvalue weighted by Crippen LogP contribution is -2.39. The van der Waals surface area contributed by atoms with E-state index in [4.69, 9.17) is 0 Å². The topological polar surface area (TPSA) is 15.3 Å². The van der Waals surface area contributed by atoms with Gasteiger partial charge in [0.2, 0.25) is 0 Å².